The van der Waals surface area contributed by atoms with Crippen molar-refractivity contribution in [1.82, 2.24) is 14.6 Å². The number of benzene rings is 2. The van der Waals surface area contributed by atoms with Crippen molar-refractivity contribution in [2.45, 2.75) is 29.6 Å². The SMILES string of the molecule is O=C1CN(S(=O)(=O)c2ccc(-c3cccc(CC(=O)C4(c5ccc6c(c5)OCO6)CC4)n3)cc2)CCN1. The fourth-order valence-corrected chi connectivity index (χ4v) is 6.28. The van der Waals surface area contributed by atoms with Gasteiger partial charge in [0.2, 0.25) is 22.7 Å². The van der Waals surface area contributed by atoms with E-state index in [2.05, 4.69) is 10.3 Å². The number of nitrogens with one attached hydrogen (secondary N) is 1. The quantitative estimate of drug-likeness (QED) is 0.510. The lowest BCUT2D eigenvalue weighted by Gasteiger charge is -2.25. The maximum absolute atomic E-state index is 13.4. The van der Waals surface area contributed by atoms with Crippen molar-refractivity contribution in [3.63, 3.8) is 0 Å². The Morgan fingerprint density at radius 2 is 1.81 bits per heavy atom. The molecule has 1 amide bonds. The van der Waals surface area contributed by atoms with Crippen molar-refractivity contribution < 1.29 is 27.5 Å². The van der Waals surface area contributed by atoms with Gasteiger partial charge in [-0.25, -0.2) is 8.42 Å². The molecule has 1 N–H and O–H groups in total. The lowest BCUT2D eigenvalue weighted by Crippen LogP contribution is -2.49. The third-order valence-electron chi connectivity index (χ3n) is 7.15. The van der Waals surface area contributed by atoms with Gasteiger partial charge in [-0.05, 0) is 54.8 Å². The van der Waals surface area contributed by atoms with Crippen molar-refractivity contribution in [1.29, 1.82) is 0 Å². The summed E-state index contributed by atoms with van der Waals surface area (Å²) in [7, 11) is -3.77. The standard InChI is InChI=1S/C27H25N3O6S/c31-25(27(10-11-27)19-6-9-23-24(14-19)36-17-35-23)15-20-2-1-3-22(29-20)18-4-7-21(8-5-18)37(33,34)30-13-12-28-26(32)16-30/h1-9,14H,10-13,15-17H2,(H,28,32). The third kappa shape index (κ3) is 4.36. The number of sulfonamides is 1. The number of piperazine rings is 1. The van der Waals surface area contributed by atoms with Crippen LogP contribution in [0.3, 0.4) is 0 Å². The zero-order valence-corrected chi connectivity index (χ0v) is 20.8. The second-order valence-electron chi connectivity index (χ2n) is 9.48. The van der Waals surface area contributed by atoms with Crippen LogP contribution in [0, 0.1) is 0 Å². The van der Waals surface area contributed by atoms with Crippen LogP contribution in [-0.2, 0) is 31.4 Å². The summed E-state index contributed by atoms with van der Waals surface area (Å²) in [5.41, 5.74) is 2.48. The molecule has 0 unspecified atom stereocenters. The number of aromatic nitrogens is 1. The van der Waals surface area contributed by atoms with E-state index < -0.39 is 15.4 Å². The van der Waals surface area contributed by atoms with Gasteiger partial charge in [0, 0.05) is 30.8 Å². The molecule has 190 valence electrons. The van der Waals surface area contributed by atoms with Crippen LogP contribution in [0.15, 0.2) is 65.6 Å². The second-order valence-corrected chi connectivity index (χ2v) is 11.4. The lowest BCUT2D eigenvalue weighted by molar-refractivity contribution is -0.122. The van der Waals surface area contributed by atoms with Crippen LogP contribution in [-0.4, -0.2) is 55.8 Å². The number of Topliss-reactive ketones (excluding diaryl/α,β-unsaturated/α-hetero) is 1. The number of carbonyl (C=O) groups is 2. The van der Waals surface area contributed by atoms with Crippen molar-refractivity contribution >= 4 is 21.7 Å². The summed E-state index contributed by atoms with van der Waals surface area (Å²) in [6, 6.07) is 17.6. The number of nitrogens with zero attached hydrogens (tertiary/aromatic N) is 2. The molecule has 9 nitrogen and oxygen atoms in total. The number of fused-ring (bicyclic) bond motifs is 1. The molecule has 37 heavy (non-hydrogen) atoms. The molecule has 3 heterocycles. The summed E-state index contributed by atoms with van der Waals surface area (Å²) in [6.45, 7) is 0.539. The zero-order valence-electron chi connectivity index (χ0n) is 20.0. The minimum Gasteiger partial charge on any atom is -0.454 e. The Labute approximate surface area is 214 Å². The Bertz CT molecular complexity index is 1500. The summed E-state index contributed by atoms with van der Waals surface area (Å²) in [6.07, 6.45) is 1.78. The van der Waals surface area contributed by atoms with Crippen LogP contribution in [0.5, 0.6) is 11.5 Å². The Kier molecular flexibility index (Phi) is 5.73. The first-order valence-corrected chi connectivity index (χ1v) is 13.6. The van der Waals surface area contributed by atoms with E-state index in [4.69, 9.17) is 9.47 Å². The molecule has 2 fully saturated rings. The van der Waals surface area contributed by atoms with Crippen LogP contribution < -0.4 is 14.8 Å². The van der Waals surface area contributed by atoms with E-state index in [-0.39, 0.29) is 42.9 Å². The van der Waals surface area contributed by atoms with Crippen LogP contribution in [0.1, 0.15) is 24.1 Å². The van der Waals surface area contributed by atoms with E-state index in [1.807, 2.05) is 36.4 Å². The molecule has 10 heteroatoms. The molecular formula is C27H25N3O6S. The number of ketones is 1. The fourth-order valence-electron chi connectivity index (χ4n) is 4.89. The fraction of sp³-hybridized carbons (Fsp3) is 0.296. The first-order valence-electron chi connectivity index (χ1n) is 12.1. The maximum atomic E-state index is 13.4. The summed E-state index contributed by atoms with van der Waals surface area (Å²) in [5, 5.41) is 2.63. The van der Waals surface area contributed by atoms with Crippen molar-refractivity contribution in [2.24, 2.45) is 0 Å². The molecule has 0 spiro atoms. The average molecular weight is 520 g/mol. The maximum Gasteiger partial charge on any atom is 0.243 e. The molecule has 1 aliphatic carbocycles. The monoisotopic (exact) mass is 519 g/mol. The Morgan fingerprint density at radius 3 is 2.57 bits per heavy atom. The number of hydrogen-bond donors (Lipinski definition) is 1. The normalized spacial score (nSPS) is 18.3. The van der Waals surface area contributed by atoms with Crippen molar-refractivity contribution in [3.05, 3.63) is 71.9 Å². The summed E-state index contributed by atoms with van der Waals surface area (Å²) >= 11 is 0. The van der Waals surface area contributed by atoms with Crippen LogP contribution in [0.25, 0.3) is 11.3 Å². The third-order valence-corrected chi connectivity index (χ3v) is 9.01. The van der Waals surface area contributed by atoms with Gasteiger partial charge in [0.15, 0.2) is 11.5 Å². The molecule has 0 bridgehead atoms. The smallest absolute Gasteiger partial charge is 0.243 e. The molecule has 3 aliphatic rings. The van der Waals surface area contributed by atoms with E-state index >= 15 is 0 Å². The van der Waals surface area contributed by atoms with Crippen LogP contribution in [0.2, 0.25) is 0 Å². The molecule has 2 aliphatic heterocycles. The number of carbonyl (C=O) groups excluding carboxylic acids is 2. The molecule has 6 rings (SSSR count). The van der Waals surface area contributed by atoms with Gasteiger partial charge >= 0.3 is 0 Å². The van der Waals surface area contributed by atoms with E-state index in [1.165, 1.54) is 16.4 Å². The van der Waals surface area contributed by atoms with Crippen molar-refractivity contribution in [3.8, 4) is 22.8 Å². The molecule has 2 aromatic carbocycles. The molecule has 0 radical (unpaired) electrons. The number of rotatable bonds is 7. The van der Waals surface area contributed by atoms with E-state index in [9.17, 15) is 18.0 Å². The predicted octanol–water partition coefficient (Wildman–Crippen LogP) is 2.44. The van der Waals surface area contributed by atoms with Crippen molar-refractivity contribution in [2.75, 3.05) is 26.4 Å². The number of pyridine rings is 1. The second kappa shape index (κ2) is 8.97. The molecule has 1 aromatic heterocycles. The van der Waals surface area contributed by atoms with Gasteiger partial charge in [-0.2, -0.15) is 4.31 Å². The predicted molar refractivity (Wildman–Crippen MR) is 134 cm³/mol. The topological polar surface area (TPSA) is 115 Å². The molecule has 1 saturated heterocycles. The van der Waals surface area contributed by atoms with Gasteiger partial charge in [-0.15, -0.1) is 0 Å². The number of hydrogen-bond acceptors (Lipinski definition) is 7. The first kappa shape index (κ1) is 23.6. The van der Waals surface area contributed by atoms with E-state index in [0.717, 1.165) is 24.0 Å². The first-order chi connectivity index (χ1) is 17.8. The van der Waals surface area contributed by atoms with Crippen LogP contribution in [0.4, 0.5) is 0 Å². The summed E-state index contributed by atoms with van der Waals surface area (Å²) < 4.78 is 37.9. The van der Waals surface area contributed by atoms with E-state index in [1.54, 1.807) is 12.1 Å². The number of ether oxygens (including phenoxy) is 2. The average Bonchev–Trinajstić information content (AvgIpc) is 3.59. The van der Waals surface area contributed by atoms with Gasteiger partial charge in [0.05, 0.1) is 22.5 Å². The van der Waals surface area contributed by atoms with Gasteiger partial charge < -0.3 is 14.8 Å². The van der Waals surface area contributed by atoms with Crippen LogP contribution >= 0.6 is 0 Å². The minimum absolute atomic E-state index is 0.114. The highest BCUT2D eigenvalue weighted by molar-refractivity contribution is 7.89. The summed E-state index contributed by atoms with van der Waals surface area (Å²) in [4.78, 5) is 29.8. The van der Waals surface area contributed by atoms with Gasteiger partial charge in [0.1, 0.15) is 5.78 Å². The zero-order chi connectivity index (χ0) is 25.6. The minimum atomic E-state index is -3.77. The largest absolute Gasteiger partial charge is 0.454 e. The van der Waals surface area contributed by atoms with Gasteiger partial charge in [-0.1, -0.05) is 24.3 Å². The molecular weight excluding hydrogens is 494 g/mol. The Balaban J connectivity index is 1.18. The summed E-state index contributed by atoms with van der Waals surface area (Å²) in [5.74, 6) is 1.17. The van der Waals surface area contributed by atoms with E-state index in [0.29, 0.717) is 29.4 Å². The Hall–Kier alpha value is -3.76. The lowest BCUT2D eigenvalue weighted by atomic mass is 9.88. The molecule has 1 saturated carbocycles. The highest BCUT2D eigenvalue weighted by Crippen LogP contribution is 2.51. The molecule has 3 aromatic rings. The Morgan fingerprint density at radius 1 is 1.03 bits per heavy atom. The highest BCUT2D eigenvalue weighted by Gasteiger charge is 2.51. The number of amides is 1. The highest BCUT2D eigenvalue weighted by atomic mass is 32.2. The molecule has 0 atom stereocenters. The van der Waals surface area contributed by atoms with Gasteiger partial charge in [0.25, 0.3) is 0 Å². The van der Waals surface area contributed by atoms with Gasteiger partial charge in [-0.3, -0.25) is 14.6 Å².